The first-order valence-electron chi connectivity index (χ1n) is 11.0. The minimum atomic E-state index is -0.589. The maximum atomic E-state index is 13.0. The van der Waals surface area contributed by atoms with Crippen LogP contribution in [0.25, 0.3) is 11.0 Å². The van der Waals surface area contributed by atoms with E-state index < -0.39 is 6.10 Å². The average Bonchev–Trinajstić information content (AvgIpc) is 3.41. The van der Waals surface area contributed by atoms with Crippen molar-refractivity contribution in [3.63, 3.8) is 0 Å². The van der Waals surface area contributed by atoms with Crippen molar-refractivity contribution < 1.29 is 14.3 Å². The van der Waals surface area contributed by atoms with E-state index in [-0.39, 0.29) is 11.8 Å². The molecule has 1 aliphatic heterocycles. The van der Waals surface area contributed by atoms with Crippen LogP contribution in [0.15, 0.2) is 72.8 Å². The molecule has 1 unspecified atom stereocenters. The number of ether oxygens (including phenoxy) is 1. The average molecular weight is 441 g/mol. The standard InChI is InChI=1S/C26H24N4O3/c1-2-14-30-21-12-5-4-11-20(21)28-26(30)29-24(31)18-9-7-10-19(15-18)27-25(32)23-16-17-8-3-6-13-22(17)33-23/h3-13,15,23H,2,14,16H2,1H3,(H,27,32)(H,28,29,31). The number of aryl methyl sites for hydroxylation is 1. The number of carbonyl (C=O) groups excluding carboxylic acids is 2. The lowest BCUT2D eigenvalue weighted by Gasteiger charge is -2.12. The number of nitrogens with zero attached hydrogens (tertiary/aromatic N) is 2. The van der Waals surface area contributed by atoms with Gasteiger partial charge in [-0.1, -0.05) is 43.3 Å². The fourth-order valence-electron chi connectivity index (χ4n) is 4.08. The molecule has 7 heteroatoms. The highest BCUT2D eigenvalue weighted by molar-refractivity contribution is 6.05. The lowest BCUT2D eigenvalue weighted by atomic mass is 10.1. The van der Waals surface area contributed by atoms with Crippen molar-refractivity contribution in [2.24, 2.45) is 0 Å². The quantitative estimate of drug-likeness (QED) is 0.457. The van der Waals surface area contributed by atoms with Crippen molar-refractivity contribution in [1.82, 2.24) is 9.55 Å². The molecular weight excluding hydrogens is 416 g/mol. The van der Waals surface area contributed by atoms with Gasteiger partial charge >= 0.3 is 0 Å². The van der Waals surface area contributed by atoms with Gasteiger partial charge in [-0.3, -0.25) is 14.9 Å². The molecular formula is C26H24N4O3. The fourth-order valence-corrected chi connectivity index (χ4v) is 4.08. The van der Waals surface area contributed by atoms with Gasteiger partial charge in [-0.2, -0.15) is 0 Å². The van der Waals surface area contributed by atoms with Crippen LogP contribution in [-0.2, 0) is 17.8 Å². The van der Waals surface area contributed by atoms with E-state index in [1.54, 1.807) is 24.3 Å². The molecule has 1 aliphatic rings. The van der Waals surface area contributed by atoms with Gasteiger partial charge in [-0.05, 0) is 48.4 Å². The smallest absolute Gasteiger partial charge is 0.265 e. The summed E-state index contributed by atoms with van der Waals surface area (Å²) >= 11 is 0. The van der Waals surface area contributed by atoms with Crippen LogP contribution >= 0.6 is 0 Å². The summed E-state index contributed by atoms with van der Waals surface area (Å²) in [4.78, 5) is 30.3. The summed E-state index contributed by atoms with van der Waals surface area (Å²) in [5, 5.41) is 5.79. The number of anilines is 2. The second-order valence-corrected chi connectivity index (χ2v) is 8.02. The van der Waals surface area contributed by atoms with Gasteiger partial charge in [0, 0.05) is 24.2 Å². The first-order valence-corrected chi connectivity index (χ1v) is 11.0. The van der Waals surface area contributed by atoms with E-state index in [4.69, 9.17) is 4.74 Å². The van der Waals surface area contributed by atoms with Gasteiger partial charge < -0.3 is 14.6 Å². The molecule has 3 aromatic carbocycles. The van der Waals surface area contributed by atoms with Crippen LogP contribution in [0.5, 0.6) is 5.75 Å². The summed E-state index contributed by atoms with van der Waals surface area (Å²) in [6.45, 7) is 2.83. The molecule has 2 N–H and O–H groups in total. The Morgan fingerprint density at radius 3 is 2.70 bits per heavy atom. The molecule has 7 nitrogen and oxygen atoms in total. The molecule has 33 heavy (non-hydrogen) atoms. The zero-order valence-corrected chi connectivity index (χ0v) is 18.2. The van der Waals surface area contributed by atoms with Crippen LogP contribution in [0.1, 0.15) is 29.3 Å². The Labute approximate surface area is 191 Å². The summed E-state index contributed by atoms with van der Waals surface area (Å²) in [5.41, 5.74) is 3.79. The van der Waals surface area contributed by atoms with Gasteiger partial charge in [0.2, 0.25) is 5.95 Å². The lowest BCUT2D eigenvalue weighted by molar-refractivity contribution is -0.122. The number of aromatic nitrogens is 2. The molecule has 1 atom stereocenters. The largest absolute Gasteiger partial charge is 0.480 e. The van der Waals surface area contributed by atoms with Crippen LogP contribution in [0.3, 0.4) is 0 Å². The maximum absolute atomic E-state index is 13.0. The highest BCUT2D eigenvalue weighted by Crippen LogP contribution is 2.29. The van der Waals surface area contributed by atoms with Gasteiger partial charge in [-0.15, -0.1) is 0 Å². The topological polar surface area (TPSA) is 85.2 Å². The minimum Gasteiger partial charge on any atom is -0.480 e. The van der Waals surface area contributed by atoms with E-state index in [9.17, 15) is 9.59 Å². The number of benzene rings is 3. The number of carbonyl (C=O) groups is 2. The third kappa shape index (κ3) is 4.17. The third-order valence-corrected chi connectivity index (χ3v) is 5.66. The van der Waals surface area contributed by atoms with E-state index in [0.29, 0.717) is 23.6 Å². The first kappa shape index (κ1) is 20.8. The van der Waals surface area contributed by atoms with Crippen molar-refractivity contribution in [2.45, 2.75) is 32.4 Å². The zero-order valence-electron chi connectivity index (χ0n) is 18.2. The first-order chi connectivity index (χ1) is 16.1. The summed E-state index contributed by atoms with van der Waals surface area (Å²) < 4.78 is 7.77. The van der Waals surface area contributed by atoms with Crippen LogP contribution in [-0.4, -0.2) is 27.5 Å². The molecule has 0 spiro atoms. The summed E-state index contributed by atoms with van der Waals surface area (Å²) in [5.74, 6) is 0.715. The molecule has 166 valence electrons. The number of fused-ring (bicyclic) bond motifs is 2. The third-order valence-electron chi connectivity index (χ3n) is 5.66. The van der Waals surface area contributed by atoms with E-state index in [2.05, 4.69) is 22.5 Å². The molecule has 0 saturated carbocycles. The van der Waals surface area contributed by atoms with Crippen LogP contribution in [0, 0.1) is 0 Å². The van der Waals surface area contributed by atoms with Crippen molar-refractivity contribution in [3.05, 3.63) is 83.9 Å². The number of hydrogen-bond donors (Lipinski definition) is 2. The second-order valence-electron chi connectivity index (χ2n) is 8.02. The fraction of sp³-hybridized carbons (Fsp3) is 0.192. The molecule has 0 fully saturated rings. The second kappa shape index (κ2) is 8.78. The van der Waals surface area contributed by atoms with Gasteiger partial charge in [0.25, 0.3) is 11.8 Å². The van der Waals surface area contributed by atoms with Crippen LogP contribution in [0.2, 0.25) is 0 Å². The maximum Gasteiger partial charge on any atom is 0.265 e. The molecule has 4 aromatic rings. The molecule has 5 rings (SSSR count). The van der Waals surface area contributed by atoms with Gasteiger partial charge in [0.1, 0.15) is 5.75 Å². The predicted molar refractivity (Wildman–Crippen MR) is 128 cm³/mol. The van der Waals surface area contributed by atoms with E-state index in [0.717, 1.165) is 35.3 Å². The molecule has 0 radical (unpaired) electrons. The number of nitrogens with one attached hydrogen (secondary N) is 2. The Balaban J connectivity index is 1.30. The molecule has 0 aliphatic carbocycles. The van der Waals surface area contributed by atoms with Crippen molar-refractivity contribution in [1.29, 1.82) is 0 Å². The highest BCUT2D eigenvalue weighted by Gasteiger charge is 2.28. The Morgan fingerprint density at radius 1 is 1.03 bits per heavy atom. The molecule has 2 amide bonds. The Bertz CT molecular complexity index is 1320. The normalized spacial score (nSPS) is 14.5. The molecule has 0 saturated heterocycles. The predicted octanol–water partition coefficient (Wildman–Crippen LogP) is 4.64. The van der Waals surface area contributed by atoms with E-state index in [1.165, 1.54) is 0 Å². The minimum absolute atomic E-state index is 0.242. The van der Waals surface area contributed by atoms with Gasteiger partial charge in [0.15, 0.2) is 6.10 Å². The molecule has 1 aromatic heterocycles. The number of hydrogen-bond acceptors (Lipinski definition) is 4. The van der Waals surface area contributed by atoms with Crippen LogP contribution in [0.4, 0.5) is 11.6 Å². The SMILES string of the molecule is CCCn1c(NC(=O)c2cccc(NC(=O)C3Cc4ccccc4O3)c2)nc2ccccc21. The molecule has 0 bridgehead atoms. The lowest BCUT2D eigenvalue weighted by Crippen LogP contribution is -2.31. The van der Waals surface area contributed by atoms with E-state index in [1.807, 2.05) is 53.1 Å². The highest BCUT2D eigenvalue weighted by atomic mass is 16.5. The van der Waals surface area contributed by atoms with Crippen LogP contribution < -0.4 is 15.4 Å². The number of imidazole rings is 1. The summed E-state index contributed by atoms with van der Waals surface area (Å²) in [6.07, 6.45) is 0.849. The van der Waals surface area contributed by atoms with E-state index >= 15 is 0 Å². The summed E-state index contributed by atoms with van der Waals surface area (Å²) in [7, 11) is 0. The van der Waals surface area contributed by atoms with Crippen molar-refractivity contribution in [2.75, 3.05) is 10.6 Å². The summed E-state index contributed by atoms with van der Waals surface area (Å²) in [6, 6.07) is 22.3. The number of rotatable bonds is 6. The molecule has 2 heterocycles. The van der Waals surface area contributed by atoms with Gasteiger partial charge in [0.05, 0.1) is 11.0 Å². The Kier molecular flexibility index (Phi) is 5.52. The Hall–Kier alpha value is -4.13. The number of amides is 2. The van der Waals surface area contributed by atoms with Crippen molar-refractivity contribution in [3.8, 4) is 5.75 Å². The van der Waals surface area contributed by atoms with Crippen molar-refractivity contribution >= 4 is 34.5 Å². The Morgan fingerprint density at radius 2 is 1.85 bits per heavy atom. The zero-order chi connectivity index (χ0) is 22.8. The number of para-hydroxylation sites is 3. The van der Waals surface area contributed by atoms with Gasteiger partial charge in [-0.25, -0.2) is 4.98 Å². The monoisotopic (exact) mass is 440 g/mol.